The summed E-state index contributed by atoms with van der Waals surface area (Å²) in [6.45, 7) is 5.81. The Balaban J connectivity index is 2.28. The van der Waals surface area contributed by atoms with Gasteiger partial charge >= 0.3 is 0 Å². The first-order valence-corrected chi connectivity index (χ1v) is 6.93. The number of benzene rings is 1. The zero-order valence-electron chi connectivity index (χ0n) is 12.0. The van der Waals surface area contributed by atoms with E-state index in [9.17, 15) is 5.26 Å². The minimum absolute atomic E-state index is 0.477. The van der Waals surface area contributed by atoms with Gasteiger partial charge in [-0.2, -0.15) is 5.26 Å². The van der Waals surface area contributed by atoms with Crippen LogP contribution in [0.25, 0.3) is 0 Å². The Morgan fingerprint density at radius 3 is 2.79 bits per heavy atom. The second-order valence-corrected chi connectivity index (χ2v) is 5.40. The molecular weight excluding hydrogens is 236 g/mol. The molecule has 0 heterocycles. The van der Waals surface area contributed by atoms with E-state index < -0.39 is 0 Å². The Labute approximate surface area is 115 Å². The first-order chi connectivity index (χ1) is 9.17. The van der Waals surface area contributed by atoms with Gasteiger partial charge in [0.1, 0.15) is 6.07 Å². The topological polar surface area (TPSA) is 36.3 Å². The van der Waals surface area contributed by atoms with Crippen molar-refractivity contribution in [3.05, 3.63) is 29.3 Å². The molecule has 1 aromatic carbocycles. The highest BCUT2D eigenvalue weighted by molar-refractivity contribution is 5.61. The second-order valence-electron chi connectivity index (χ2n) is 5.40. The van der Waals surface area contributed by atoms with E-state index in [0.29, 0.717) is 12.6 Å². The lowest BCUT2D eigenvalue weighted by Gasteiger charge is -2.32. The molecule has 102 valence electrons. The fourth-order valence-corrected chi connectivity index (χ4v) is 2.56. The van der Waals surface area contributed by atoms with Gasteiger partial charge in [0.25, 0.3) is 0 Å². The van der Waals surface area contributed by atoms with Crippen LogP contribution in [-0.2, 0) is 4.74 Å². The van der Waals surface area contributed by atoms with Crippen LogP contribution < -0.4 is 4.90 Å². The van der Waals surface area contributed by atoms with Gasteiger partial charge < -0.3 is 9.64 Å². The lowest BCUT2D eigenvalue weighted by molar-refractivity contribution is 0.202. The summed E-state index contributed by atoms with van der Waals surface area (Å²) in [5.41, 5.74) is 2.94. The van der Waals surface area contributed by atoms with Crippen molar-refractivity contribution in [2.24, 2.45) is 5.92 Å². The number of methoxy groups -OCH3 is 1. The maximum atomic E-state index is 9.35. The summed E-state index contributed by atoms with van der Waals surface area (Å²) in [5, 5.41) is 9.35. The third-order valence-corrected chi connectivity index (χ3v) is 3.91. The molecular formula is C16H22N2O. The Morgan fingerprint density at radius 2 is 2.21 bits per heavy atom. The average Bonchev–Trinajstić information content (AvgIpc) is 3.24. The minimum atomic E-state index is 0.477. The molecule has 0 aromatic heterocycles. The largest absolute Gasteiger partial charge is 0.383 e. The smallest absolute Gasteiger partial charge is 0.101 e. The first-order valence-electron chi connectivity index (χ1n) is 6.93. The summed E-state index contributed by atoms with van der Waals surface area (Å²) in [6, 6.07) is 8.92. The summed E-state index contributed by atoms with van der Waals surface area (Å²) in [7, 11) is 1.72. The molecule has 1 atom stereocenters. The molecule has 2 rings (SSSR count). The number of hydrogen-bond donors (Lipinski definition) is 0. The van der Waals surface area contributed by atoms with Crippen LogP contribution in [0.15, 0.2) is 18.2 Å². The SMILES string of the molecule is COCCN(c1ccc(C)cc1C#N)C(C)C1CC1. The highest BCUT2D eigenvalue weighted by Crippen LogP contribution is 2.37. The van der Waals surface area contributed by atoms with Crippen molar-refractivity contribution < 1.29 is 4.74 Å². The van der Waals surface area contributed by atoms with Gasteiger partial charge in [-0.1, -0.05) is 6.07 Å². The van der Waals surface area contributed by atoms with Crippen LogP contribution in [0.1, 0.15) is 30.9 Å². The van der Waals surface area contributed by atoms with Crippen LogP contribution in [0.5, 0.6) is 0 Å². The summed E-state index contributed by atoms with van der Waals surface area (Å²) < 4.78 is 5.22. The molecule has 19 heavy (non-hydrogen) atoms. The van der Waals surface area contributed by atoms with E-state index in [4.69, 9.17) is 4.74 Å². The highest BCUT2D eigenvalue weighted by atomic mass is 16.5. The van der Waals surface area contributed by atoms with Crippen molar-refractivity contribution in [2.45, 2.75) is 32.7 Å². The molecule has 1 saturated carbocycles. The van der Waals surface area contributed by atoms with Gasteiger partial charge in [-0.3, -0.25) is 0 Å². The third-order valence-electron chi connectivity index (χ3n) is 3.91. The minimum Gasteiger partial charge on any atom is -0.383 e. The van der Waals surface area contributed by atoms with Gasteiger partial charge in [-0.15, -0.1) is 0 Å². The van der Waals surface area contributed by atoms with Crippen molar-refractivity contribution in [1.82, 2.24) is 0 Å². The number of nitriles is 1. The molecule has 1 aliphatic rings. The number of aryl methyl sites for hydroxylation is 1. The van der Waals surface area contributed by atoms with Gasteiger partial charge in [0, 0.05) is 19.7 Å². The van der Waals surface area contributed by atoms with E-state index in [0.717, 1.165) is 29.3 Å². The molecule has 0 N–H and O–H groups in total. The third kappa shape index (κ3) is 3.27. The molecule has 0 amide bonds. The van der Waals surface area contributed by atoms with Crippen LogP contribution in [0.3, 0.4) is 0 Å². The lowest BCUT2D eigenvalue weighted by atomic mass is 10.1. The number of rotatable bonds is 6. The van der Waals surface area contributed by atoms with Crippen molar-refractivity contribution >= 4 is 5.69 Å². The molecule has 1 aromatic rings. The molecule has 0 saturated heterocycles. The van der Waals surface area contributed by atoms with E-state index in [-0.39, 0.29) is 0 Å². The van der Waals surface area contributed by atoms with E-state index >= 15 is 0 Å². The summed E-state index contributed by atoms with van der Waals surface area (Å²) in [5.74, 6) is 0.768. The standard InChI is InChI=1S/C16H22N2O/c1-12-4-7-16(15(10-12)11-17)18(8-9-19-3)13(2)14-5-6-14/h4,7,10,13-14H,5-6,8-9H2,1-3H3. The second kappa shape index (κ2) is 6.08. The summed E-state index contributed by atoms with van der Waals surface area (Å²) >= 11 is 0. The zero-order valence-corrected chi connectivity index (χ0v) is 12.0. The predicted molar refractivity (Wildman–Crippen MR) is 77.3 cm³/mol. The van der Waals surface area contributed by atoms with Crippen LogP contribution >= 0.6 is 0 Å². The highest BCUT2D eigenvalue weighted by Gasteiger charge is 2.32. The Morgan fingerprint density at radius 1 is 1.47 bits per heavy atom. The molecule has 3 nitrogen and oxygen atoms in total. The van der Waals surface area contributed by atoms with E-state index in [1.54, 1.807) is 7.11 Å². The molecule has 0 bridgehead atoms. The Bertz CT molecular complexity index is 474. The van der Waals surface area contributed by atoms with Crippen molar-refractivity contribution in [3.8, 4) is 6.07 Å². The lowest BCUT2D eigenvalue weighted by Crippen LogP contribution is -2.37. The van der Waals surface area contributed by atoms with Crippen molar-refractivity contribution in [1.29, 1.82) is 5.26 Å². The van der Waals surface area contributed by atoms with E-state index in [2.05, 4.69) is 30.0 Å². The molecule has 1 unspecified atom stereocenters. The Hall–Kier alpha value is -1.53. The number of nitrogens with zero attached hydrogens (tertiary/aromatic N) is 2. The monoisotopic (exact) mass is 258 g/mol. The summed E-state index contributed by atoms with van der Waals surface area (Å²) in [6.07, 6.45) is 2.61. The average molecular weight is 258 g/mol. The van der Waals surface area contributed by atoms with Gasteiger partial charge in [-0.25, -0.2) is 0 Å². The Kier molecular flexibility index (Phi) is 4.44. The van der Waals surface area contributed by atoms with Crippen LogP contribution in [0.2, 0.25) is 0 Å². The van der Waals surface area contributed by atoms with Gasteiger partial charge in [-0.05, 0) is 50.3 Å². The molecule has 3 heteroatoms. The van der Waals surface area contributed by atoms with Gasteiger partial charge in [0.05, 0.1) is 17.9 Å². The predicted octanol–water partition coefficient (Wildman–Crippen LogP) is 3.12. The van der Waals surface area contributed by atoms with Crippen LogP contribution in [0.4, 0.5) is 5.69 Å². The normalized spacial score (nSPS) is 15.9. The molecule has 1 fully saturated rings. The number of anilines is 1. The van der Waals surface area contributed by atoms with Gasteiger partial charge in [0.2, 0.25) is 0 Å². The first kappa shape index (κ1) is 13.9. The molecule has 0 aliphatic heterocycles. The molecule has 0 radical (unpaired) electrons. The molecule has 0 spiro atoms. The molecule has 1 aliphatic carbocycles. The van der Waals surface area contributed by atoms with Crippen LogP contribution in [-0.4, -0.2) is 26.3 Å². The van der Waals surface area contributed by atoms with E-state index in [1.807, 2.05) is 13.0 Å². The fraction of sp³-hybridized carbons (Fsp3) is 0.562. The quantitative estimate of drug-likeness (QED) is 0.786. The fourth-order valence-electron chi connectivity index (χ4n) is 2.56. The maximum Gasteiger partial charge on any atom is 0.101 e. The number of ether oxygens (including phenoxy) is 1. The van der Waals surface area contributed by atoms with Crippen molar-refractivity contribution in [3.63, 3.8) is 0 Å². The zero-order chi connectivity index (χ0) is 13.8. The number of hydrogen-bond acceptors (Lipinski definition) is 3. The maximum absolute atomic E-state index is 9.35. The summed E-state index contributed by atoms with van der Waals surface area (Å²) in [4.78, 5) is 2.33. The van der Waals surface area contributed by atoms with Crippen molar-refractivity contribution in [2.75, 3.05) is 25.2 Å². The van der Waals surface area contributed by atoms with Crippen LogP contribution in [0, 0.1) is 24.2 Å². The van der Waals surface area contributed by atoms with E-state index in [1.165, 1.54) is 12.8 Å². The van der Waals surface area contributed by atoms with Gasteiger partial charge in [0.15, 0.2) is 0 Å².